The van der Waals surface area contributed by atoms with Crippen molar-refractivity contribution < 1.29 is 4.74 Å². The largest absolute Gasteiger partial charge is 0.491 e. The molecule has 0 fully saturated rings. The molecule has 0 N–H and O–H groups in total. The molecule has 1 atom stereocenters. The summed E-state index contributed by atoms with van der Waals surface area (Å²) in [6.07, 6.45) is 1.22. The highest BCUT2D eigenvalue weighted by Gasteiger charge is 2.11. The van der Waals surface area contributed by atoms with E-state index in [1.807, 2.05) is 24.3 Å². The number of benzene rings is 1. The predicted octanol–water partition coefficient (Wildman–Crippen LogP) is 2.96. The number of ether oxygens (including phenoxy) is 1. The first kappa shape index (κ1) is 13.5. The van der Waals surface area contributed by atoms with Gasteiger partial charge in [0.15, 0.2) is 5.82 Å². The van der Waals surface area contributed by atoms with Gasteiger partial charge in [-0.25, -0.2) is 0 Å². The number of hydrogen-bond acceptors (Lipinski definition) is 4. The second-order valence-electron chi connectivity index (χ2n) is 4.93. The van der Waals surface area contributed by atoms with Crippen molar-refractivity contribution in [3.8, 4) is 11.4 Å². The summed E-state index contributed by atoms with van der Waals surface area (Å²) in [6, 6.07) is 7.85. The fourth-order valence-corrected chi connectivity index (χ4v) is 1.72. The van der Waals surface area contributed by atoms with Crippen LogP contribution in [0.1, 0.15) is 45.9 Å². The summed E-state index contributed by atoms with van der Waals surface area (Å²) >= 11 is 0. The average molecular weight is 260 g/mol. The maximum Gasteiger partial charge on any atom is 0.159 e. The monoisotopic (exact) mass is 260 g/mol. The molecule has 1 heterocycles. The van der Waals surface area contributed by atoms with Gasteiger partial charge in [0.25, 0.3) is 0 Å². The fourth-order valence-electron chi connectivity index (χ4n) is 1.72. The minimum absolute atomic E-state index is 0.227. The molecule has 1 unspecified atom stereocenters. The molecule has 1 aromatic heterocycles. The molecule has 5 nitrogen and oxygen atoms in total. The molecular weight excluding hydrogens is 240 g/mol. The Bertz CT molecular complexity index is 518. The van der Waals surface area contributed by atoms with Crippen molar-refractivity contribution in [3.63, 3.8) is 0 Å². The van der Waals surface area contributed by atoms with Crippen LogP contribution in [0.25, 0.3) is 5.69 Å². The van der Waals surface area contributed by atoms with Crippen LogP contribution in [0.4, 0.5) is 0 Å². The molecule has 0 aliphatic rings. The van der Waals surface area contributed by atoms with Crippen LogP contribution in [0.15, 0.2) is 24.3 Å². The van der Waals surface area contributed by atoms with Crippen LogP contribution in [0.3, 0.4) is 0 Å². The van der Waals surface area contributed by atoms with Crippen molar-refractivity contribution in [2.24, 2.45) is 0 Å². The molecule has 2 rings (SSSR count). The van der Waals surface area contributed by atoms with Crippen molar-refractivity contribution in [3.05, 3.63) is 30.1 Å². The van der Waals surface area contributed by atoms with E-state index < -0.39 is 0 Å². The summed E-state index contributed by atoms with van der Waals surface area (Å²) in [5.41, 5.74) is 0.949. The van der Waals surface area contributed by atoms with E-state index >= 15 is 0 Å². The molecule has 0 aliphatic heterocycles. The molecule has 0 bridgehead atoms. The molecular formula is C14H20N4O. The van der Waals surface area contributed by atoms with E-state index in [0.29, 0.717) is 0 Å². The molecule has 0 spiro atoms. The molecule has 0 saturated heterocycles. The van der Waals surface area contributed by atoms with E-state index in [1.165, 1.54) is 0 Å². The first-order chi connectivity index (χ1) is 9.11. The summed E-state index contributed by atoms with van der Waals surface area (Å²) in [6.45, 7) is 8.31. The standard InChI is InChI=1S/C14H20N4O/c1-5-11(4)19-13-8-6-12(7-9-13)18-14(10(2)3)15-16-17-18/h6-11H,5H2,1-4H3. The van der Waals surface area contributed by atoms with Gasteiger partial charge in [-0.3, -0.25) is 0 Å². The summed E-state index contributed by atoms with van der Waals surface area (Å²) in [4.78, 5) is 0. The zero-order valence-corrected chi connectivity index (χ0v) is 11.9. The Kier molecular flexibility index (Phi) is 4.14. The average Bonchev–Trinajstić information content (AvgIpc) is 2.89. The van der Waals surface area contributed by atoms with E-state index in [9.17, 15) is 0 Å². The number of nitrogens with zero attached hydrogens (tertiary/aromatic N) is 4. The molecule has 1 aromatic carbocycles. The second kappa shape index (κ2) is 5.82. The summed E-state index contributed by atoms with van der Waals surface area (Å²) in [7, 11) is 0. The minimum atomic E-state index is 0.227. The maximum absolute atomic E-state index is 5.75. The van der Waals surface area contributed by atoms with Gasteiger partial charge in [-0.05, 0) is 48.0 Å². The lowest BCUT2D eigenvalue weighted by Gasteiger charge is -2.13. The highest BCUT2D eigenvalue weighted by molar-refractivity contribution is 5.37. The third-order valence-corrected chi connectivity index (χ3v) is 3.00. The topological polar surface area (TPSA) is 52.8 Å². The third-order valence-electron chi connectivity index (χ3n) is 3.00. The predicted molar refractivity (Wildman–Crippen MR) is 73.6 cm³/mol. The van der Waals surface area contributed by atoms with Gasteiger partial charge >= 0.3 is 0 Å². The Morgan fingerprint density at radius 3 is 2.42 bits per heavy atom. The smallest absolute Gasteiger partial charge is 0.159 e. The van der Waals surface area contributed by atoms with E-state index in [1.54, 1.807) is 4.68 Å². The normalized spacial score (nSPS) is 12.7. The SMILES string of the molecule is CCC(C)Oc1ccc(-n2nnnc2C(C)C)cc1. The Morgan fingerprint density at radius 1 is 1.16 bits per heavy atom. The zero-order chi connectivity index (χ0) is 13.8. The Hall–Kier alpha value is -1.91. The van der Waals surface area contributed by atoms with Crippen LogP contribution in [0.5, 0.6) is 5.75 Å². The van der Waals surface area contributed by atoms with Gasteiger partial charge in [0.05, 0.1) is 11.8 Å². The highest BCUT2D eigenvalue weighted by atomic mass is 16.5. The molecule has 2 aromatic rings. The molecule has 0 radical (unpaired) electrons. The van der Waals surface area contributed by atoms with Crippen LogP contribution in [-0.2, 0) is 0 Å². The third kappa shape index (κ3) is 3.10. The molecule has 19 heavy (non-hydrogen) atoms. The molecule has 5 heteroatoms. The van der Waals surface area contributed by atoms with Crippen molar-refractivity contribution in [1.82, 2.24) is 20.2 Å². The quantitative estimate of drug-likeness (QED) is 0.829. The number of aromatic nitrogens is 4. The van der Waals surface area contributed by atoms with Crippen molar-refractivity contribution in [2.75, 3.05) is 0 Å². The van der Waals surface area contributed by atoms with Gasteiger partial charge in [-0.2, -0.15) is 4.68 Å². The lowest BCUT2D eigenvalue weighted by molar-refractivity contribution is 0.217. The van der Waals surface area contributed by atoms with E-state index in [4.69, 9.17) is 4.74 Å². The van der Waals surface area contributed by atoms with Gasteiger partial charge in [-0.15, -0.1) is 5.10 Å². The number of hydrogen-bond donors (Lipinski definition) is 0. The lowest BCUT2D eigenvalue weighted by Crippen LogP contribution is -2.10. The van der Waals surface area contributed by atoms with Crippen LogP contribution < -0.4 is 4.74 Å². The highest BCUT2D eigenvalue weighted by Crippen LogP contribution is 2.19. The molecule has 0 aliphatic carbocycles. The minimum Gasteiger partial charge on any atom is -0.491 e. The van der Waals surface area contributed by atoms with Crippen LogP contribution in [0, 0.1) is 0 Å². The van der Waals surface area contributed by atoms with Crippen LogP contribution >= 0.6 is 0 Å². The van der Waals surface area contributed by atoms with Gasteiger partial charge < -0.3 is 4.74 Å². The summed E-state index contributed by atoms with van der Waals surface area (Å²) in [5, 5.41) is 11.8. The first-order valence-electron chi connectivity index (χ1n) is 6.67. The Labute approximate surface area is 113 Å². The van der Waals surface area contributed by atoms with Crippen LogP contribution in [-0.4, -0.2) is 26.3 Å². The molecule has 0 amide bonds. The number of tetrazole rings is 1. The van der Waals surface area contributed by atoms with Crippen molar-refractivity contribution in [1.29, 1.82) is 0 Å². The van der Waals surface area contributed by atoms with Gasteiger partial charge in [0.2, 0.25) is 0 Å². The van der Waals surface area contributed by atoms with Crippen molar-refractivity contribution in [2.45, 2.75) is 46.1 Å². The van der Waals surface area contributed by atoms with Gasteiger partial charge in [0, 0.05) is 5.92 Å². The Balaban J connectivity index is 2.20. The first-order valence-corrected chi connectivity index (χ1v) is 6.67. The van der Waals surface area contributed by atoms with Gasteiger partial charge in [-0.1, -0.05) is 20.8 Å². The van der Waals surface area contributed by atoms with Crippen LogP contribution in [0.2, 0.25) is 0 Å². The Morgan fingerprint density at radius 2 is 1.84 bits per heavy atom. The van der Waals surface area contributed by atoms with Gasteiger partial charge in [0.1, 0.15) is 5.75 Å². The fraction of sp³-hybridized carbons (Fsp3) is 0.500. The lowest BCUT2D eigenvalue weighted by atomic mass is 10.2. The maximum atomic E-state index is 5.75. The molecule has 0 saturated carbocycles. The number of rotatable bonds is 5. The zero-order valence-electron chi connectivity index (χ0n) is 11.9. The summed E-state index contributed by atoms with van der Waals surface area (Å²) < 4.78 is 7.51. The summed E-state index contributed by atoms with van der Waals surface area (Å²) in [5.74, 6) is 2.01. The van der Waals surface area contributed by atoms with E-state index in [2.05, 4.69) is 43.2 Å². The van der Waals surface area contributed by atoms with Crippen molar-refractivity contribution >= 4 is 0 Å². The van der Waals surface area contributed by atoms with E-state index in [0.717, 1.165) is 23.7 Å². The van der Waals surface area contributed by atoms with E-state index in [-0.39, 0.29) is 12.0 Å². The molecule has 102 valence electrons. The second-order valence-corrected chi connectivity index (χ2v) is 4.93.